The molecule has 0 radical (unpaired) electrons. The van der Waals surface area contributed by atoms with Gasteiger partial charge < -0.3 is 10.1 Å². The lowest BCUT2D eigenvalue weighted by atomic mass is 10.0. The second-order valence-corrected chi connectivity index (χ2v) is 4.91. The molecular formula is C15H12N4O2. The number of hydrogen-bond acceptors (Lipinski definition) is 4. The minimum atomic E-state index is -0.122. The van der Waals surface area contributed by atoms with Crippen LogP contribution in [0.5, 0.6) is 0 Å². The maximum absolute atomic E-state index is 11.5. The van der Waals surface area contributed by atoms with Gasteiger partial charge in [-0.05, 0) is 17.7 Å². The number of aromatic nitrogens is 3. The van der Waals surface area contributed by atoms with Crippen LogP contribution in [0.4, 0.5) is 5.69 Å². The van der Waals surface area contributed by atoms with Crippen LogP contribution in [0.2, 0.25) is 0 Å². The van der Waals surface area contributed by atoms with E-state index in [1.54, 1.807) is 12.5 Å². The number of carbonyl (C=O) groups excluding carboxylic acids is 1. The summed E-state index contributed by atoms with van der Waals surface area (Å²) >= 11 is 0. The molecule has 0 fully saturated rings. The third kappa shape index (κ3) is 2.15. The van der Waals surface area contributed by atoms with Gasteiger partial charge in [0.15, 0.2) is 5.65 Å². The number of nitrogens with zero attached hydrogens (tertiary/aromatic N) is 3. The molecule has 1 N–H and O–H groups in total. The molecule has 0 atom stereocenters. The molecule has 6 heteroatoms. The molecule has 1 amide bonds. The molecule has 4 rings (SSSR count). The monoisotopic (exact) mass is 280 g/mol. The number of nitrogens with one attached hydrogen (secondary N) is 1. The zero-order valence-electron chi connectivity index (χ0n) is 11.1. The zero-order chi connectivity index (χ0) is 14.2. The number of hydrogen-bond donors (Lipinski definition) is 1. The number of rotatable bonds is 1. The van der Waals surface area contributed by atoms with Gasteiger partial charge in [0.2, 0.25) is 5.91 Å². The highest BCUT2D eigenvalue weighted by atomic mass is 16.5. The maximum atomic E-state index is 11.5. The molecule has 6 nitrogen and oxygen atoms in total. The van der Waals surface area contributed by atoms with Crippen LogP contribution in [-0.4, -0.2) is 26.9 Å². The van der Waals surface area contributed by atoms with Gasteiger partial charge in [0.25, 0.3) is 0 Å². The van der Waals surface area contributed by atoms with Crippen LogP contribution in [0.25, 0.3) is 16.8 Å². The van der Waals surface area contributed by atoms with Crippen molar-refractivity contribution in [3.8, 4) is 11.1 Å². The van der Waals surface area contributed by atoms with E-state index in [1.165, 1.54) is 0 Å². The van der Waals surface area contributed by atoms with Gasteiger partial charge in [-0.15, -0.1) is 0 Å². The van der Waals surface area contributed by atoms with Crippen molar-refractivity contribution in [3.05, 3.63) is 48.7 Å². The lowest BCUT2D eigenvalue weighted by Crippen LogP contribution is -2.14. The first kappa shape index (κ1) is 12.0. The molecule has 21 heavy (non-hydrogen) atoms. The van der Waals surface area contributed by atoms with Crippen molar-refractivity contribution in [1.29, 1.82) is 0 Å². The van der Waals surface area contributed by atoms with Crippen molar-refractivity contribution in [2.24, 2.45) is 0 Å². The number of benzene rings is 1. The van der Waals surface area contributed by atoms with Gasteiger partial charge in [0.05, 0.1) is 12.8 Å². The Kier molecular flexibility index (Phi) is 2.68. The number of carbonyl (C=O) groups is 1. The van der Waals surface area contributed by atoms with E-state index in [-0.39, 0.29) is 12.5 Å². The molecular weight excluding hydrogens is 268 g/mol. The number of imidazole rings is 1. The van der Waals surface area contributed by atoms with Crippen molar-refractivity contribution >= 4 is 17.2 Å². The summed E-state index contributed by atoms with van der Waals surface area (Å²) in [4.78, 5) is 19.9. The topological polar surface area (TPSA) is 68.5 Å². The average molecular weight is 280 g/mol. The van der Waals surface area contributed by atoms with Gasteiger partial charge >= 0.3 is 0 Å². The van der Waals surface area contributed by atoms with Crippen molar-refractivity contribution in [3.63, 3.8) is 0 Å². The molecule has 1 aromatic carbocycles. The highest BCUT2D eigenvalue weighted by Crippen LogP contribution is 2.26. The first-order valence-corrected chi connectivity index (χ1v) is 6.58. The van der Waals surface area contributed by atoms with E-state index < -0.39 is 0 Å². The molecule has 1 aliphatic heterocycles. The van der Waals surface area contributed by atoms with E-state index in [2.05, 4.69) is 15.3 Å². The van der Waals surface area contributed by atoms with Crippen LogP contribution in [0, 0.1) is 0 Å². The van der Waals surface area contributed by atoms with E-state index in [1.807, 2.05) is 35.0 Å². The number of amides is 1. The highest BCUT2D eigenvalue weighted by Gasteiger charge is 2.14. The Hall–Kier alpha value is -2.73. The lowest BCUT2D eigenvalue weighted by molar-refractivity contribution is -0.120. The van der Waals surface area contributed by atoms with Crippen LogP contribution in [-0.2, 0) is 16.1 Å². The predicted octanol–water partition coefficient (Wildman–Crippen LogP) is 1.86. The summed E-state index contributed by atoms with van der Waals surface area (Å²) in [6.45, 7) is 0.509. The third-order valence-corrected chi connectivity index (χ3v) is 3.46. The van der Waals surface area contributed by atoms with Crippen LogP contribution in [0.15, 0.2) is 43.1 Å². The van der Waals surface area contributed by atoms with Crippen molar-refractivity contribution in [2.75, 3.05) is 11.9 Å². The predicted molar refractivity (Wildman–Crippen MR) is 76.7 cm³/mol. The molecule has 1 aliphatic rings. The van der Waals surface area contributed by atoms with Crippen molar-refractivity contribution in [2.45, 2.75) is 6.61 Å². The highest BCUT2D eigenvalue weighted by molar-refractivity contribution is 5.93. The van der Waals surface area contributed by atoms with Gasteiger partial charge in [0, 0.05) is 29.2 Å². The molecule has 3 aromatic rings. The van der Waals surface area contributed by atoms with E-state index in [4.69, 9.17) is 4.74 Å². The summed E-state index contributed by atoms with van der Waals surface area (Å²) in [6, 6.07) is 5.88. The minimum Gasteiger partial charge on any atom is -0.367 e. The van der Waals surface area contributed by atoms with Crippen molar-refractivity contribution < 1.29 is 9.53 Å². The fourth-order valence-corrected chi connectivity index (χ4v) is 2.42. The second kappa shape index (κ2) is 4.68. The molecule has 0 saturated heterocycles. The van der Waals surface area contributed by atoms with Gasteiger partial charge in [-0.3, -0.25) is 9.20 Å². The number of ether oxygens (including phenoxy) is 1. The summed E-state index contributed by atoms with van der Waals surface area (Å²) in [5.41, 5.74) is 4.58. The van der Waals surface area contributed by atoms with Gasteiger partial charge in [-0.25, -0.2) is 9.97 Å². The summed E-state index contributed by atoms with van der Waals surface area (Å²) in [6.07, 6.45) is 7.23. The van der Waals surface area contributed by atoms with E-state index in [0.717, 1.165) is 28.0 Å². The SMILES string of the molecule is O=C1COCc2cc(-c3cnc4cncn4c3)ccc2N1. The lowest BCUT2D eigenvalue weighted by Gasteiger charge is -2.09. The minimum absolute atomic E-state index is 0.0898. The third-order valence-electron chi connectivity index (χ3n) is 3.46. The Labute approximate surface area is 120 Å². The Morgan fingerprint density at radius 3 is 3.10 bits per heavy atom. The summed E-state index contributed by atoms with van der Waals surface area (Å²) in [5, 5.41) is 2.83. The fourth-order valence-electron chi connectivity index (χ4n) is 2.42. The van der Waals surface area contributed by atoms with Crippen LogP contribution in [0.1, 0.15) is 5.56 Å². The van der Waals surface area contributed by atoms with Crippen molar-refractivity contribution in [1.82, 2.24) is 14.4 Å². The molecule has 0 unspecified atom stereocenters. The molecule has 0 spiro atoms. The van der Waals surface area contributed by atoms with Gasteiger partial charge in [-0.2, -0.15) is 0 Å². The second-order valence-electron chi connectivity index (χ2n) is 4.91. The smallest absolute Gasteiger partial charge is 0.250 e. The van der Waals surface area contributed by atoms with Crippen LogP contribution in [0.3, 0.4) is 0 Å². The van der Waals surface area contributed by atoms with E-state index in [9.17, 15) is 4.79 Å². The average Bonchev–Trinajstić information content (AvgIpc) is 2.88. The van der Waals surface area contributed by atoms with Gasteiger partial charge in [-0.1, -0.05) is 6.07 Å². The molecule has 0 bridgehead atoms. The zero-order valence-corrected chi connectivity index (χ0v) is 11.1. The summed E-state index contributed by atoms with van der Waals surface area (Å²) in [7, 11) is 0. The van der Waals surface area contributed by atoms with Crippen LogP contribution < -0.4 is 5.32 Å². The number of fused-ring (bicyclic) bond motifs is 2. The number of anilines is 1. The Balaban J connectivity index is 1.78. The first-order valence-electron chi connectivity index (χ1n) is 6.58. The maximum Gasteiger partial charge on any atom is 0.250 e. The standard InChI is InChI=1S/C15H12N4O2/c20-15-8-21-7-11-3-10(1-2-13(11)18-15)12-4-17-14-5-16-9-19(14)6-12/h1-6,9H,7-8H2,(H,18,20). The molecule has 0 saturated carbocycles. The van der Waals surface area contributed by atoms with Gasteiger partial charge in [0.1, 0.15) is 12.9 Å². The first-order chi connectivity index (χ1) is 10.3. The summed E-state index contributed by atoms with van der Waals surface area (Å²) < 4.78 is 7.21. The Bertz CT molecular complexity index is 841. The summed E-state index contributed by atoms with van der Waals surface area (Å²) in [5.74, 6) is -0.122. The molecule has 104 valence electrons. The van der Waals surface area contributed by atoms with Crippen LogP contribution >= 0.6 is 0 Å². The fraction of sp³-hybridized carbons (Fsp3) is 0.133. The van der Waals surface area contributed by atoms with E-state index in [0.29, 0.717) is 6.61 Å². The molecule has 0 aliphatic carbocycles. The Morgan fingerprint density at radius 1 is 1.19 bits per heavy atom. The normalized spacial score (nSPS) is 14.6. The Morgan fingerprint density at radius 2 is 2.14 bits per heavy atom. The molecule has 2 aromatic heterocycles. The van der Waals surface area contributed by atoms with E-state index >= 15 is 0 Å². The molecule has 3 heterocycles. The largest absolute Gasteiger partial charge is 0.367 e. The quantitative estimate of drug-likeness (QED) is 0.738.